The number of amides is 1. The second-order valence-corrected chi connectivity index (χ2v) is 8.01. The predicted molar refractivity (Wildman–Crippen MR) is 90.3 cm³/mol. The molecule has 6 nitrogen and oxygen atoms in total. The monoisotopic (exact) mass is 352 g/mol. The van der Waals surface area contributed by atoms with Crippen molar-refractivity contribution >= 4 is 15.9 Å². The third-order valence-electron chi connectivity index (χ3n) is 4.81. The van der Waals surface area contributed by atoms with Crippen LogP contribution in [0.25, 0.3) is 0 Å². The average Bonchev–Trinajstić information content (AvgIpc) is 2.60. The Labute approximate surface area is 143 Å². The summed E-state index contributed by atoms with van der Waals surface area (Å²) in [5.41, 5.74) is 2.29. The Bertz CT molecular complexity index is 717. The zero-order chi connectivity index (χ0) is 17.2. The molecule has 1 aliphatic heterocycles. The Morgan fingerprint density at radius 1 is 1.29 bits per heavy atom. The standard InChI is InChI=1S/C17H24N2O4S/c1-2-19-9-10-23-12-16(19)17(20)18-24(21,22)15-8-7-13-5-3-4-6-14(13)11-15/h7-8,11,16H,2-6,9-10,12H2,1H3,(H,18,20). The maximum atomic E-state index is 12.6. The lowest BCUT2D eigenvalue weighted by molar-refractivity contribution is -0.130. The van der Waals surface area contributed by atoms with Gasteiger partial charge in [0.1, 0.15) is 6.04 Å². The van der Waals surface area contributed by atoms with Crippen LogP contribution in [0, 0.1) is 0 Å². The van der Waals surface area contributed by atoms with Crippen molar-refractivity contribution in [1.82, 2.24) is 9.62 Å². The maximum absolute atomic E-state index is 12.6. The Balaban J connectivity index is 1.77. The summed E-state index contributed by atoms with van der Waals surface area (Å²) in [7, 11) is -3.86. The van der Waals surface area contributed by atoms with Crippen molar-refractivity contribution in [2.45, 2.75) is 43.5 Å². The molecule has 1 aliphatic carbocycles. The van der Waals surface area contributed by atoms with Crippen LogP contribution in [0.1, 0.15) is 30.9 Å². The van der Waals surface area contributed by atoms with Gasteiger partial charge in [-0.05, 0) is 55.5 Å². The maximum Gasteiger partial charge on any atom is 0.264 e. The summed E-state index contributed by atoms with van der Waals surface area (Å²) in [6, 6.07) is 4.61. The largest absolute Gasteiger partial charge is 0.378 e. The van der Waals surface area contributed by atoms with Crippen LogP contribution in [0.5, 0.6) is 0 Å². The third-order valence-corrected chi connectivity index (χ3v) is 6.16. The van der Waals surface area contributed by atoms with Gasteiger partial charge in [0.25, 0.3) is 15.9 Å². The third kappa shape index (κ3) is 3.63. The number of fused-ring (bicyclic) bond motifs is 1. The van der Waals surface area contributed by atoms with E-state index in [1.54, 1.807) is 12.1 Å². The van der Waals surface area contributed by atoms with E-state index >= 15 is 0 Å². The van der Waals surface area contributed by atoms with E-state index in [1.165, 1.54) is 5.56 Å². The predicted octanol–water partition coefficient (Wildman–Crippen LogP) is 1.09. The zero-order valence-corrected chi connectivity index (χ0v) is 14.8. The van der Waals surface area contributed by atoms with Gasteiger partial charge >= 0.3 is 0 Å². The molecular formula is C17H24N2O4S. The van der Waals surface area contributed by atoms with Crippen molar-refractivity contribution in [3.8, 4) is 0 Å². The van der Waals surface area contributed by atoms with Crippen LogP contribution in [0.15, 0.2) is 23.1 Å². The molecule has 1 unspecified atom stereocenters. The molecule has 1 heterocycles. The molecule has 0 spiro atoms. The van der Waals surface area contributed by atoms with Crippen LogP contribution in [0.4, 0.5) is 0 Å². The van der Waals surface area contributed by atoms with Gasteiger partial charge in [0.05, 0.1) is 18.1 Å². The number of nitrogens with one attached hydrogen (secondary N) is 1. The number of rotatable bonds is 4. The lowest BCUT2D eigenvalue weighted by Gasteiger charge is -2.33. The van der Waals surface area contributed by atoms with E-state index in [1.807, 2.05) is 17.9 Å². The highest BCUT2D eigenvalue weighted by molar-refractivity contribution is 7.90. The van der Waals surface area contributed by atoms with Crippen LogP contribution in [-0.4, -0.2) is 51.6 Å². The summed E-state index contributed by atoms with van der Waals surface area (Å²) in [6.45, 7) is 4.05. The number of morpholine rings is 1. The first kappa shape index (κ1) is 17.4. The number of aryl methyl sites for hydroxylation is 2. The van der Waals surface area contributed by atoms with E-state index < -0.39 is 22.0 Å². The van der Waals surface area contributed by atoms with Crippen LogP contribution >= 0.6 is 0 Å². The van der Waals surface area contributed by atoms with Crippen LogP contribution in [0.3, 0.4) is 0 Å². The highest BCUT2D eigenvalue weighted by atomic mass is 32.2. The van der Waals surface area contributed by atoms with E-state index in [9.17, 15) is 13.2 Å². The number of carbonyl (C=O) groups excluding carboxylic acids is 1. The quantitative estimate of drug-likeness (QED) is 0.878. The Morgan fingerprint density at radius 3 is 2.79 bits per heavy atom. The second-order valence-electron chi connectivity index (χ2n) is 6.33. The van der Waals surface area contributed by atoms with E-state index in [2.05, 4.69) is 4.72 Å². The molecule has 7 heteroatoms. The van der Waals surface area contributed by atoms with Gasteiger partial charge in [-0.1, -0.05) is 13.0 Å². The number of hydrogen-bond donors (Lipinski definition) is 1. The molecule has 0 aromatic heterocycles. The summed E-state index contributed by atoms with van der Waals surface area (Å²) < 4.78 is 32.7. The molecule has 1 aromatic carbocycles. The molecule has 1 N–H and O–H groups in total. The topological polar surface area (TPSA) is 75.7 Å². The highest BCUT2D eigenvalue weighted by Gasteiger charge is 2.31. The molecule has 24 heavy (non-hydrogen) atoms. The van der Waals surface area contributed by atoms with Crippen molar-refractivity contribution in [2.24, 2.45) is 0 Å². The van der Waals surface area contributed by atoms with Crippen molar-refractivity contribution in [1.29, 1.82) is 0 Å². The number of hydrogen-bond acceptors (Lipinski definition) is 5. The van der Waals surface area contributed by atoms with Crippen LogP contribution in [-0.2, 0) is 32.4 Å². The molecule has 2 aliphatic rings. The molecule has 0 radical (unpaired) electrons. The summed E-state index contributed by atoms with van der Waals surface area (Å²) in [5.74, 6) is -0.519. The minimum atomic E-state index is -3.86. The fourth-order valence-corrected chi connectivity index (χ4v) is 4.46. The van der Waals surface area contributed by atoms with Gasteiger partial charge in [-0.3, -0.25) is 9.69 Å². The van der Waals surface area contributed by atoms with Crippen molar-refractivity contribution in [3.63, 3.8) is 0 Å². The van der Waals surface area contributed by atoms with E-state index in [4.69, 9.17) is 4.74 Å². The lowest BCUT2D eigenvalue weighted by atomic mass is 9.92. The molecule has 3 rings (SSSR count). The minimum absolute atomic E-state index is 0.163. The van der Waals surface area contributed by atoms with Gasteiger partial charge in [-0.25, -0.2) is 13.1 Å². The van der Waals surface area contributed by atoms with Crippen molar-refractivity contribution in [2.75, 3.05) is 26.3 Å². The van der Waals surface area contributed by atoms with Gasteiger partial charge < -0.3 is 4.74 Å². The van der Waals surface area contributed by atoms with Crippen LogP contribution in [0.2, 0.25) is 0 Å². The zero-order valence-electron chi connectivity index (χ0n) is 14.0. The Morgan fingerprint density at radius 2 is 2.04 bits per heavy atom. The number of carbonyl (C=O) groups is 1. The molecule has 1 aromatic rings. The number of nitrogens with zero attached hydrogens (tertiary/aromatic N) is 1. The van der Waals surface area contributed by atoms with Gasteiger partial charge in [-0.2, -0.15) is 0 Å². The number of ether oxygens (including phenoxy) is 1. The fourth-order valence-electron chi connectivity index (χ4n) is 3.39. The van der Waals surface area contributed by atoms with E-state index in [0.29, 0.717) is 19.7 Å². The first-order valence-corrected chi connectivity index (χ1v) is 10.00. The Hall–Kier alpha value is -1.44. The molecule has 0 saturated carbocycles. The normalized spacial score (nSPS) is 22.0. The minimum Gasteiger partial charge on any atom is -0.378 e. The van der Waals surface area contributed by atoms with Gasteiger partial charge in [-0.15, -0.1) is 0 Å². The summed E-state index contributed by atoms with van der Waals surface area (Å²) >= 11 is 0. The number of benzene rings is 1. The van der Waals surface area contributed by atoms with Crippen LogP contribution < -0.4 is 4.72 Å². The molecule has 1 amide bonds. The first-order chi connectivity index (χ1) is 11.5. The van der Waals surface area contributed by atoms with Gasteiger partial charge in [0, 0.05) is 6.54 Å². The molecular weight excluding hydrogens is 328 g/mol. The summed E-state index contributed by atoms with van der Waals surface area (Å²) in [4.78, 5) is 14.5. The highest BCUT2D eigenvalue weighted by Crippen LogP contribution is 2.24. The fraction of sp³-hybridized carbons (Fsp3) is 0.588. The number of likely N-dealkylation sites (N-methyl/N-ethyl adjacent to an activating group) is 1. The summed E-state index contributed by atoms with van der Waals surface area (Å²) in [5, 5.41) is 0. The second kappa shape index (κ2) is 7.21. The molecule has 132 valence electrons. The Kier molecular flexibility index (Phi) is 5.22. The van der Waals surface area contributed by atoms with Crippen molar-refractivity contribution < 1.29 is 17.9 Å². The first-order valence-electron chi connectivity index (χ1n) is 8.51. The molecule has 1 saturated heterocycles. The molecule has 1 fully saturated rings. The number of sulfonamides is 1. The smallest absolute Gasteiger partial charge is 0.264 e. The average molecular weight is 352 g/mol. The molecule has 1 atom stereocenters. The lowest BCUT2D eigenvalue weighted by Crippen LogP contribution is -2.54. The van der Waals surface area contributed by atoms with E-state index in [-0.39, 0.29) is 11.5 Å². The van der Waals surface area contributed by atoms with Gasteiger partial charge in [0.2, 0.25) is 0 Å². The molecule has 0 bridgehead atoms. The van der Waals surface area contributed by atoms with Gasteiger partial charge in [0.15, 0.2) is 0 Å². The van der Waals surface area contributed by atoms with E-state index in [0.717, 1.165) is 31.2 Å². The SMILES string of the molecule is CCN1CCOCC1C(=O)NS(=O)(=O)c1ccc2c(c1)CCCC2. The van der Waals surface area contributed by atoms with Crippen molar-refractivity contribution in [3.05, 3.63) is 29.3 Å². The summed E-state index contributed by atoms with van der Waals surface area (Å²) in [6.07, 6.45) is 4.11.